The molecule has 4 aromatic rings. The van der Waals surface area contributed by atoms with Crippen molar-refractivity contribution >= 4 is 28.1 Å². The van der Waals surface area contributed by atoms with Crippen molar-refractivity contribution in [2.75, 3.05) is 33.8 Å². The van der Waals surface area contributed by atoms with E-state index in [-0.39, 0.29) is 5.91 Å². The highest BCUT2D eigenvalue weighted by molar-refractivity contribution is 6.05. The van der Waals surface area contributed by atoms with Crippen LogP contribution in [0.4, 0.5) is 5.69 Å². The second kappa shape index (κ2) is 10.3. The molecular formula is C28H27NO6. The standard InChI is InChI=1S/C28H27NO6/c1-17(11-27(30)29-19-12-25(32-3)28(34-5)26(13-19)33-4)20-14-21-22(18-9-7-6-8-10-18)16-35-24(21)15-23(20)31-2/h6-16H,1-5H3,(H,29,30)/b17-11+. The number of ether oxygens (including phenoxy) is 4. The summed E-state index contributed by atoms with van der Waals surface area (Å²) in [7, 11) is 6.16. The van der Waals surface area contributed by atoms with Gasteiger partial charge in [-0.1, -0.05) is 30.3 Å². The number of hydrogen-bond donors (Lipinski definition) is 1. The van der Waals surface area contributed by atoms with Gasteiger partial charge in [0.1, 0.15) is 11.3 Å². The molecule has 0 aliphatic rings. The molecule has 0 aliphatic carbocycles. The highest BCUT2D eigenvalue weighted by atomic mass is 16.5. The minimum atomic E-state index is -0.311. The lowest BCUT2D eigenvalue weighted by atomic mass is 9.99. The van der Waals surface area contributed by atoms with E-state index in [9.17, 15) is 4.79 Å². The van der Waals surface area contributed by atoms with Gasteiger partial charge in [0.05, 0.1) is 34.7 Å². The van der Waals surface area contributed by atoms with Gasteiger partial charge in [-0.25, -0.2) is 0 Å². The molecule has 0 saturated carbocycles. The van der Waals surface area contributed by atoms with Crippen LogP contribution in [0.2, 0.25) is 0 Å². The van der Waals surface area contributed by atoms with Gasteiger partial charge in [0.2, 0.25) is 11.7 Å². The molecule has 7 heteroatoms. The van der Waals surface area contributed by atoms with Gasteiger partial charge >= 0.3 is 0 Å². The van der Waals surface area contributed by atoms with Crippen LogP contribution in [-0.2, 0) is 4.79 Å². The number of hydrogen-bond acceptors (Lipinski definition) is 6. The van der Waals surface area contributed by atoms with Crippen molar-refractivity contribution in [1.29, 1.82) is 0 Å². The lowest BCUT2D eigenvalue weighted by molar-refractivity contribution is -0.111. The molecule has 3 aromatic carbocycles. The van der Waals surface area contributed by atoms with E-state index >= 15 is 0 Å². The van der Waals surface area contributed by atoms with E-state index in [1.54, 1.807) is 25.5 Å². The van der Waals surface area contributed by atoms with Crippen molar-refractivity contribution < 1.29 is 28.2 Å². The van der Waals surface area contributed by atoms with Crippen molar-refractivity contribution in [3.05, 3.63) is 72.5 Å². The molecule has 180 valence electrons. The summed E-state index contributed by atoms with van der Waals surface area (Å²) in [6.45, 7) is 1.86. The highest BCUT2D eigenvalue weighted by Crippen LogP contribution is 2.40. The molecule has 4 rings (SSSR count). The molecule has 1 heterocycles. The summed E-state index contributed by atoms with van der Waals surface area (Å²) in [6, 6.07) is 17.2. The Morgan fingerprint density at radius 1 is 0.857 bits per heavy atom. The van der Waals surface area contributed by atoms with Crippen LogP contribution < -0.4 is 24.3 Å². The van der Waals surface area contributed by atoms with Gasteiger partial charge in [0.25, 0.3) is 0 Å². The minimum absolute atomic E-state index is 0.311. The Bertz CT molecular complexity index is 1360. The maximum absolute atomic E-state index is 12.9. The molecular weight excluding hydrogens is 446 g/mol. The zero-order valence-corrected chi connectivity index (χ0v) is 20.3. The SMILES string of the molecule is COc1cc2occ(-c3ccccc3)c2cc1/C(C)=C/C(=O)Nc1cc(OC)c(OC)c(OC)c1. The molecule has 0 aliphatic heterocycles. The summed E-state index contributed by atoms with van der Waals surface area (Å²) in [4.78, 5) is 12.9. The van der Waals surface area contributed by atoms with Crippen molar-refractivity contribution in [3.8, 4) is 34.1 Å². The third kappa shape index (κ3) is 4.80. The smallest absolute Gasteiger partial charge is 0.248 e. The first-order valence-electron chi connectivity index (χ1n) is 10.9. The van der Waals surface area contributed by atoms with Crippen molar-refractivity contribution in [2.24, 2.45) is 0 Å². The first-order valence-corrected chi connectivity index (χ1v) is 10.9. The quantitative estimate of drug-likeness (QED) is 0.308. The molecule has 1 N–H and O–H groups in total. The van der Waals surface area contributed by atoms with Crippen LogP contribution in [0.25, 0.3) is 27.7 Å². The predicted molar refractivity (Wildman–Crippen MR) is 137 cm³/mol. The molecule has 0 radical (unpaired) electrons. The zero-order chi connectivity index (χ0) is 24.9. The van der Waals surface area contributed by atoms with E-state index in [0.29, 0.717) is 34.3 Å². The topological polar surface area (TPSA) is 79.2 Å². The molecule has 7 nitrogen and oxygen atoms in total. The fraction of sp³-hybridized carbons (Fsp3) is 0.179. The van der Waals surface area contributed by atoms with E-state index in [1.165, 1.54) is 27.4 Å². The Morgan fingerprint density at radius 2 is 1.51 bits per heavy atom. The molecule has 0 unspecified atom stereocenters. The molecule has 0 saturated heterocycles. The molecule has 1 amide bonds. The van der Waals surface area contributed by atoms with Crippen molar-refractivity contribution in [1.82, 2.24) is 0 Å². The van der Waals surface area contributed by atoms with Gasteiger partial charge < -0.3 is 28.7 Å². The van der Waals surface area contributed by atoms with Gasteiger partial charge in [0.15, 0.2) is 11.5 Å². The summed E-state index contributed by atoms with van der Waals surface area (Å²) in [5.41, 5.74) is 4.76. The largest absolute Gasteiger partial charge is 0.496 e. The fourth-order valence-electron chi connectivity index (χ4n) is 3.98. The Kier molecular flexibility index (Phi) is 6.96. The Labute approximate surface area is 203 Å². The summed E-state index contributed by atoms with van der Waals surface area (Å²) in [5, 5.41) is 3.79. The Morgan fingerprint density at radius 3 is 2.11 bits per heavy atom. The van der Waals surface area contributed by atoms with Crippen molar-refractivity contribution in [3.63, 3.8) is 0 Å². The van der Waals surface area contributed by atoms with Gasteiger partial charge in [-0.2, -0.15) is 0 Å². The lowest BCUT2D eigenvalue weighted by Gasteiger charge is -2.14. The molecule has 35 heavy (non-hydrogen) atoms. The Balaban J connectivity index is 1.68. The second-order valence-electron chi connectivity index (χ2n) is 7.79. The fourth-order valence-corrected chi connectivity index (χ4v) is 3.98. The third-order valence-electron chi connectivity index (χ3n) is 5.69. The molecule has 0 fully saturated rings. The summed E-state index contributed by atoms with van der Waals surface area (Å²) in [6.07, 6.45) is 3.26. The van der Waals surface area contributed by atoms with Crippen LogP contribution in [0.1, 0.15) is 12.5 Å². The average Bonchev–Trinajstić information content (AvgIpc) is 3.30. The van der Waals surface area contributed by atoms with E-state index in [2.05, 4.69) is 5.32 Å². The van der Waals surface area contributed by atoms with Gasteiger partial charge in [-0.3, -0.25) is 4.79 Å². The summed E-state index contributed by atoms with van der Waals surface area (Å²) >= 11 is 0. The van der Waals surface area contributed by atoms with Gasteiger partial charge in [-0.15, -0.1) is 0 Å². The first-order chi connectivity index (χ1) is 17.0. The van der Waals surface area contributed by atoms with E-state index in [0.717, 1.165) is 27.6 Å². The number of methoxy groups -OCH3 is 4. The number of carbonyl (C=O) groups excluding carboxylic acids is 1. The molecule has 1 aromatic heterocycles. The summed E-state index contributed by atoms with van der Waals surface area (Å²) < 4.78 is 27.5. The molecule has 0 bridgehead atoms. The van der Waals surface area contributed by atoms with Crippen LogP contribution >= 0.6 is 0 Å². The number of nitrogens with one attached hydrogen (secondary N) is 1. The third-order valence-corrected chi connectivity index (χ3v) is 5.69. The number of allylic oxidation sites excluding steroid dienone is 1. The zero-order valence-electron chi connectivity index (χ0n) is 20.3. The van der Waals surface area contributed by atoms with E-state index in [1.807, 2.05) is 49.4 Å². The molecule has 0 spiro atoms. The van der Waals surface area contributed by atoms with E-state index < -0.39 is 0 Å². The Hall–Kier alpha value is -4.39. The number of anilines is 1. The predicted octanol–water partition coefficient (Wildman–Crippen LogP) is 6.18. The monoisotopic (exact) mass is 473 g/mol. The van der Waals surface area contributed by atoms with Gasteiger partial charge in [0, 0.05) is 46.5 Å². The number of rotatable bonds is 8. The normalized spacial score (nSPS) is 11.3. The van der Waals surface area contributed by atoms with Crippen LogP contribution in [0, 0.1) is 0 Å². The number of fused-ring (bicyclic) bond motifs is 1. The van der Waals surface area contributed by atoms with Crippen LogP contribution in [-0.4, -0.2) is 34.3 Å². The van der Waals surface area contributed by atoms with Gasteiger partial charge in [-0.05, 0) is 24.1 Å². The van der Waals surface area contributed by atoms with Crippen molar-refractivity contribution in [2.45, 2.75) is 6.92 Å². The average molecular weight is 474 g/mol. The minimum Gasteiger partial charge on any atom is -0.496 e. The lowest BCUT2D eigenvalue weighted by Crippen LogP contribution is -2.09. The first kappa shape index (κ1) is 23.8. The van der Waals surface area contributed by atoms with Crippen LogP contribution in [0.3, 0.4) is 0 Å². The highest BCUT2D eigenvalue weighted by Gasteiger charge is 2.16. The number of carbonyl (C=O) groups is 1. The number of benzene rings is 3. The maximum atomic E-state index is 12.9. The van der Waals surface area contributed by atoms with E-state index in [4.69, 9.17) is 23.4 Å². The summed E-state index contributed by atoms with van der Waals surface area (Å²) in [5.74, 6) is 1.65. The molecule has 0 atom stereocenters. The number of furan rings is 1. The second-order valence-corrected chi connectivity index (χ2v) is 7.79. The van der Waals surface area contributed by atoms with Crippen LogP contribution in [0.5, 0.6) is 23.0 Å². The number of amides is 1. The van der Waals surface area contributed by atoms with Crippen LogP contribution in [0.15, 0.2) is 71.4 Å². The maximum Gasteiger partial charge on any atom is 0.248 e.